The molecule has 1 aliphatic carbocycles. The van der Waals surface area contributed by atoms with Gasteiger partial charge in [-0.2, -0.15) is 0 Å². The smallest absolute Gasteiger partial charge is 0.200 e. The van der Waals surface area contributed by atoms with E-state index in [1.807, 2.05) is 0 Å². The maximum Gasteiger partial charge on any atom is 0.200 e. The summed E-state index contributed by atoms with van der Waals surface area (Å²) in [5, 5.41) is 9.10. The van der Waals surface area contributed by atoms with Gasteiger partial charge in [-0.1, -0.05) is 0 Å². The van der Waals surface area contributed by atoms with Crippen LogP contribution >= 0.6 is 0 Å². The van der Waals surface area contributed by atoms with Crippen LogP contribution in [0.5, 0.6) is 0 Å². The van der Waals surface area contributed by atoms with Gasteiger partial charge in [-0.15, -0.1) is 0 Å². The number of hydrogen-bond donors (Lipinski definition) is 1. The second kappa shape index (κ2) is 2.27. The van der Waals surface area contributed by atoms with Gasteiger partial charge in [-0.3, -0.25) is 0 Å². The fourth-order valence-corrected chi connectivity index (χ4v) is 1.71. The van der Waals surface area contributed by atoms with E-state index in [0.29, 0.717) is 0 Å². The Hall–Kier alpha value is -0.500. The number of aliphatic hydroxyl groups excluding tert-OH is 1. The molecule has 1 atom stereocenters. The summed E-state index contributed by atoms with van der Waals surface area (Å²) in [5.74, 6) is 1.08. The fraction of sp³-hybridized carbons (Fsp3) is 0.750. The molecule has 56 valence electrons. The summed E-state index contributed by atoms with van der Waals surface area (Å²) in [5.41, 5.74) is 1.36. The first-order valence-electron chi connectivity index (χ1n) is 3.92. The van der Waals surface area contributed by atoms with Crippen molar-refractivity contribution in [2.45, 2.75) is 38.4 Å². The highest BCUT2D eigenvalue weighted by molar-refractivity contribution is 5.16. The summed E-state index contributed by atoms with van der Waals surface area (Å²) < 4.78 is 5.20. The molecule has 0 radical (unpaired) electrons. The van der Waals surface area contributed by atoms with Gasteiger partial charge in [0.05, 0.1) is 5.76 Å². The van der Waals surface area contributed by atoms with Gasteiger partial charge >= 0.3 is 0 Å². The van der Waals surface area contributed by atoms with Gasteiger partial charge in [0.1, 0.15) is 0 Å². The van der Waals surface area contributed by atoms with Gasteiger partial charge in [-0.05, 0) is 24.8 Å². The Balaban J connectivity index is 2.13. The van der Waals surface area contributed by atoms with Crippen LogP contribution in [0.3, 0.4) is 0 Å². The Bertz CT molecular complexity index is 154. The van der Waals surface area contributed by atoms with E-state index in [0.717, 1.165) is 25.0 Å². The molecule has 0 aromatic rings. The minimum atomic E-state index is -0.525. The van der Waals surface area contributed by atoms with E-state index < -0.39 is 6.29 Å². The summed E-state index contributed by atoms with van der Waals surface area (Å²) in [6, 6.07) is 0. The Labute approximate surface area is 60.5 Å². The van der Waals surface area contributed by atoms with Crippen molar-refractivity contribution in [1.29, 1.82) is 0 Å². The van der Waals surface area contributed by atoms with Gasteiger partial charge < -0.3 is 9.84 Å². The number of rotatable bonds is 0. The molecule has 1 heterocycles. The van der Waals surface area contributed by atoms with Crippen LogP contribution in [0.4, 0.5) is 0 Å². The van der Waals surface area contributed by atoms with Crippen LogP contribution in [0.15, 0.2) is 11.3 Å². The molecule has 1 aliphatic heterocycles. The third-order valence-electron chi connectivity index (χ3n) is 2.23. The van der Waals surface area contributed by atoms with E-state index in [-0.39, 0.29) is 0 Å². The van der Waals surface area contributed by atoms with E-state index in [9.17, 15) is 0 Å². The highest BCUT2D eigenvalue weighted by Crippen LogP contribution is 2.34. The van der Waals surface area contributed by atoms with Crippen molar-refractivity contribution >= 4 is 0 Å². The van der Waals surface area contributed by atoms with Crippen LogP contribution < -0.4 is 0 Å². The lowest BCUT2D eigenvalue weighted by Crippen LogP contribution is -2.02. The Morgan fingerprint density at radius 2 is 2.10 bits per heavy atom. The highest BCUT2D eigenvalue weighted by atomic mass is 16.6. The summed E-state index contributed by atoms with van der Waals surface area (Å²) in [7, 11) is 0. The van der Waals surface area contributed by atoms with Crippen molar-refractivity contribution in [2.24, 2.45) is 0 Å². The third kappa shape index (κ3) is 0.926. The predicted octanol–water partition coefficient (Wildman–Crippen LogP) is 1.55. The van der Waals surface area contributed by atoms with Crippen molar-refractivity contribution in [3.63, 3.8) is 0 Å². The average Bonchev–Trinajstić information content (AvgIpc) is 2.27. The van der Waals surface area contributed by atoms with Crippen LogP contribution in [0.2, 0.25) is 0 Å². The molecular weight excluding hydrogens is 128 g/mol. The van der Waals surface area contributed by atoms with Crippen LogP contribution in [-0.4, -0.2) is 11.4 Å². The zero-order valence-corrected chi connectivity index (χ0v) is 5.97. The molecule has 2 heteroatoms. The Morgan fingerprint density at radius 3 is 2.90 bits per heavy atom. The Kier molecular flexibility index (Phi) is 1.42. The highest BCUT2D eigenvalue weighted by Gasteiger charge is 2.25. The fourth-order valence-electron chi connectivity index (χ4n) is 1.71. The molecule has 0 aromatic carbocycles. The molecule has 2 aliphatic rings. The first kappa shape index (κ1) is 6.23. The number of aliphatic hydroxyl groups is 1. The largest absolute Gasteiger partial charge is 0.469 e. The summed E-state index contributed by atoms with van der Waals surface area (Å²) in [6.07, 6.45) is 4.93. The van der Waals surface area contributed by atoms with Gasteiger partial charge in [0, 0.05) is 12.8 Å². The lowest BCUT2D eigenvalue weighted by molar-refractivity contribution is -0.0471. The summed E-state index contributed by atoms with van der Waals surface area (Å²) in [4.78, 5) is 0. The van der Waals surface area contributed by atoms with E-state index in [1.54, 1.807) is 0 Å². The van der Waals surface area contributed by atoms with Crippen LogP contribution in [0.1, 0.15) is 32.1 Å². The van der Waals surface area contributed by atoms with Gasteiger partial charge in [0.2, 0.25) is 6.29 Å². The SMILES string of the molecule is OC1CC2=C(CCCC2)O1. The minimum absolute atomic E-state index is 0.525. The van der Waals surface area contributed by atoms with Crippen LogP contribution in [0.25, 0.3) is 0 Å². The second-order valence-corrected chi connectivity index (χ2v) is 3.01. The molecule has 0 aromatic heterocycles. The second-order valence-electron chi connectivity index (χ2n) is 3.01. The average molecular weight is 140 g/mol. The summed E-state index contributed by atoms with van der Waals surface area (Å²) >= 11 is 0. The van der Waals surface area contributed by atoms with Gasteiger partial charge in [0.25, 0.3) is 0 Å². The van der Waals surface area contributed by atoms with Crippen molar-refractivity contribution in [1.82, 2.24) is 0 Å². The van der Waals surface area contributed by atoms with Gasteiger partial charge in [-0.25, -0.2) is 0 Å². The van der Waals surface area contributed by atoms with Crippen LogP contribution in [-0.2, 0) is 4.74 Å². The maximum atomic E-state index is 9.10. The standard InChI is InChI=1S/C8H12O2/c9-8-5-6-3-1-2-4-7(6)10-8/h8-9H,1-5H2. The van der Waals surface area contributed by atoms with Gasteiger partial charge in [0.15, 0.2) is 0 Å². The maximum absolute atomic E-state index is 9.10. The predicted molar refractivity (Wildman–Crippen MR) is 37.2 cm³/mol. The zero-order chi connectivity index (χ0) is 6.97. The van der Waals surface area contributed by atoms with Crippen molar-refractivity contribution in [3.8, 4) is 0 Å². The molecule has 1 unspecified atom stereocenters. The topological polar surface area (TPSA) is 29.5 Å². The van der Waals surface area contributed by atoms with Crippen molar-refractivity contribution < 1.29 is 9.84 Å². The molecule has 0 bridgehead atoms. The van der Waals surface area contributed by atoms with E-state index in [4.69, 9.17) is 9.84 Å². The lowest BCUT2D eigenvalue weighted by atomic mass is 9.97. The van der Waals surface area contributed by atoms with Crippen molar-refractivity contribution in [2.75, 3.05) is 0 Å². The lowest BCUT2D eigenvalue weighted by Gasteiger charge is -2.11. The van der Waals surface area contributed by atoms with Crippen LogP contribution in [0, 0.1) is 0 Å². The summed E-state index contributed by atoms with van der Waals surface area (Å²) in [6.45, 7) is 0. The van der Waals surface area contributed by atoms with Crippen molar-refractivity contribution in [3.05, 3.63) is 11.3 Å². The molecule has 0 spiro atoms. The molecule has 10 heavy (non-hydrogen) atoms. The molecule has 2 nitrogen and oxygen atoms in total. The molecular formula is C8H12O2. The van der Waals surface area contributed by atoms with E-state index in [1.165, 1.54) is 18.4 Å². The minimum Gasteiger partial charge on any atom is -0.469 e. The first-order valence-corrected chi connectivity index (χ1v) is 3.92. The molecule has 2 rings (SSSR count). The van der Waals surface area contributed by atoms with E-state index >= 15 is 0 Å². The molecule has 1 N–H and O–H groups in total. The monoisotopic (exact) mass is 140 g/mol. The third-order valence-corrected chi connectivity index (χ3v) is 2.23. The normalized spacial score (nSPS) is 31.9. The first-order chi connectivity index (χ1) is 4.86. The molecule has 0 saturated carbocycles. The number of allylic oxidation sites excluding steroid dienone is 1. The number of hydrogen-bond acceptors (Lipinski definition) is 2. The quantitative estimate of drug-likeness (QED) is 0.553. The van der Waals surface area contributed by atoms with E-state index in [2.05, 4.69) is 0 Å². The Morgan fingerprint density at radius 1 is 1.30 bits per heavy atom. The molecule has 0 amide bonds. The number of ether oxygens (including phenoxy) is 1. The molecule has 0 saturated heterocycles. The zero-order valence-electron chi connectivity index (χ0n) is 5.97. The molecule has 0 fully saturated rings.